The van der Waals surface area contributed by atoms with Gasteiger partial charge in [-0.1, -0.05) is 6.42 Å². The Kier molecular flexibility index (Phi) is 4.48. The summed E-state index contributed by atoms with van der Waals surface area (Å²) in [5, 5.41) is 3.12. The van der Waals surface area contributed by atoms with Crippen LogP contribution < -0.4 is 11.1 Å². The lowest BCUT2D eigenvalue weighted by atomic mass is 9.85. The monoisotopic (exact) mass is 273 g/mol. The van der Waals surface area contributed by atoms with E-state index in [1.54, 1.807) is 0 Å². The molecule has 2 rings (SSSR count). The second kappa shape index (κ2) is 5.91. The molecule has 1 atom stereocenters. The fraction of sp³-hybridized carbons (Fsp3) is 0.917. The Labute approximate surface area is 109 Å². The Balaban J connectivity index is 1.71. The molecule has 0 spiro atoms. The summed E-state index contributed by atoms with van der Waals surface area (Å²) in [6, 6.07) is 0. The summed E-state index contributed by atoms with van der Waals surface area (Å²) < 4.78 is 22.9. The number of nitrogens with two attached hydrogens (primary N) is 1. The molecule has 1 aliphatic carbocycles. The zero-order chi connectivity index (χ0) is 13.0. The van der Waals surface area contributed by atoms with Gasteiger partial charge in [0.25, 0.3) is 0 Å². The largest absolute Gasteiger partial charge is 0.370 e. The molecule has 0 aromatic rings. The van der Waals surface area contributed by atoms with Gasteiger partial charge in [0, 0.05) is 13.1 Å². The van der Waals surface area contributed by atoms with E-state index in [9.17, 15) is 8.42 Å². The van der Waals surface area contributed by atoms with Gasteiger partial charge < -0.3 is 11.1 Å². The Hall–Kier alpha value is -0.780. The molecule has 5 nitrogen and oxygen atoms in total. The van der Waals surface area contributed by atoms with E-state index in [2.05, 4.69) is 10.3 Å². The van der Waals surface area contributed by atoms with Gasteiger partial charge in [-0.2, -0.15) is 0 Å². The highest BCUT2D eigenvalue weighted by Crippen LogP contribution is 2.25. The summed E-state index contributed by atoms with van der Waals surface area (Å²) >= 11 is 0. The predicted octanol–water partition coefficient (Wildman–Crippen LogP) is 0.516. The highest BCUT2D eigenvalue weighted by Gasteiger charge is 2.24. The van der Waals surface area contributed by atoms with Crippen molar-refractivity contribution >= 4 is 15.8 Å². The Bertz CT molecular complexity index is 402. The Morgan fingerprint density at radius 3 is 2.56 bits per heavy atom. The average Bonchev–Trinajstić information content (AvgIpc) is 2.23. The molecule has 1 heterocycles. The van der Waals surface area contributed by atoms with E-state index in [4.69, 9.17) is 5.73 Å². The van der Waals surface area contributed by atoms with Crippen LogP contribution in [0, 0.1) is 11.8 Å². The molecule has 18 heavy (non-hydrogen) atoms. The van der Waals surface area contributed by atoms with Crippen molar-refractivity contribution in [2.45, 2.75) is 32.1 Å². The van der Waals surface area contributed by atoms with Crippen LogP contribution in [0.3, 0.4) is 0 Å². The molecule has 0 radical (unpaired) electrons. The summed E-state index contributed by atoms with van der Waals surface area (Å²) in [6.45, 7) is 1.43. The SMILES string of the molecule is NC(=NCC1CCCS(=O)(=O)C1)NCC1CCC1. The second-order valence-corrected chi connectivity index (χ2v) is 7.76. The maximum atomic E-state index is 11.5. The summed E-state index contributed by atoms with van der Waals surface area (Å²) in [6.07, 6.45) is 5.59. The van der Waals surface area contributed by atoms with E-state index in [-0.39, 0.29) is 11.7 Å². The molecule has 1 aliphatic heterocycles. The standard InChI is InChI=1S/C12H23N3O2S/c13-12(14-7-10-3-1-4-10)15-8-11-5-2-6-18(16,17)9-11/h10-11H,1-9H2,(H3,13,14,15). The first-order valence-corrected chi connectivity index (χ1v) is 8.61. The van der Waals surface area contributed by atoms with Crippen molar-refractivity contribution < 1.29 is 8.42 Å². The lowest BCUT2D eigenvalue weighted by molar-refractivity contribution is 0.315. The van der Waals surface area contributed by atoms with Crippen LogP contribution in [-0.2, 0) is 9.84 Å². The first-order valence-electron chi connectivity index (χ1n) is 6.79. The van der Waals surface area contributed by atoms with Crippen LogP contribution in [0.2, 0.25) is 0 Å². The predicted molar refractivity (Wildman–Crippen MR) is 73.2 cm³/mol. The van der Waals surface area contributed by atoms with Crippen molar-refractivity contribution in [2.24, 2.45) is 22.6 Å². The second-order valence-electron chi connectivity index (χ2n) is 5.53. The molecule has 2 aliphatic rings. The fourth-order valence-electron chi connectivity index (χ4n) is 2.49. The molecule has 1 unspecified atom stereocenters. The smallest absolute Gasteiger partial charge is 0.188 e. The van der Waals surface area contributed by atoms with Crippen LogP contribution in [0.25, 0.3) is 0 Å². The molecule has 104 valence electrons. The molecule has 6 heteroatoms. The van der Waals surface area contributed by atoms with Gasteiger partial charge in [-0.15, -0.1) is 0 Å². The third-order valence-electron chi connectivity index (χ3n) is 3.87. The molecule has 0 amide bonds. The number of aliphatic imine (C=N–C) groups is 1. The van der Waals surface area contributed by atoms with Crippen LogP contribution in [0.1, 0.15) is 32.1 Å². The van der Waals surface area contributed by atoms with Crippen molar-refractivity contribution in [3.05, 3.63) is 0 Å². The van der Waals surface area contributed by atoms with Gasteiger partial charge in [-0.25, -0.2) is 8.42 Å². The van der Waals surface area contributed by atoms with Gasteiger partial charge in [0.2, 0.25) is 0 Å². The number of nitrogens with one attached hydrogen (secondary N) is 1. The van der Waals surface area contributed by atoms with Gasteiger partial charge in [0.05, 0.1) is 11.5 Å². The number of sulfone groups is 1. The van der Waals surface area contributed by atoms with E-state index in [0.29, 0.717) is 18.3 Å². The first kappa shape index (κ1) is 13.6. The molecular weight excluding hydrogens is 250 g/mol. The van der Waals surface area contributed by atoms with Crippen molar-refractivity contribution in [3.63, 3.8) is 0 Å². The average molecular weight is 273 g/mol. The number of nitrogens with zero attached hydrogens (tertiary/aromatic N) is 1. The molecule has 0 bridgehead atoms. The minimum Gasteiger partial charge on any atom is -0.370 e. The zero-order valence-electron chi connectivity index (χ0n) is 10.8. The maximum absolute atomic E-state index is 11.5. The van der Waals surface area contributed by atoms with Gasteiger partial charge >= 0.3 is 0 Å². The summed E-state index contributed by atoms with van der Waals surface area (Å²) in [4.78, 5) is 4.26. The van der Waals surface area contributed by atoms with E-state index in [1.165, 1.54) is 19.3 Å². The molecule has 2 fully saturated rings. The molecular formula is C12H23N3O2S. The van der Waals surface area contributed by atoms with Crippen LogP contribution in [0.5, 0.6) is 0 Å². The lowest BCUT2D eigenvalue weighted by Crippen LogP contribution is -2.38. The van der Waals surface area contributed by atoms with Crippen LogP contribution in [0.4, 0.5) is 0 Å². The van der Waals surface area contributed by atoms with Crippen molar-refractivity contribution in [3.8, 4) is 0 Å². The molecule has 3 N–H and O–H groups in total. The number of hydrogen-bond acceptors (Lipinski definition) is 3. The van der Waals surface area contributed by atoms with Gasteiger partial charge in [0.1, 0.15) is 0 Å². The van der Waals surface area contributed by atoms with E-state index in [0.717, 1.165) is 25.3 Å². The van der Waals surface area contributed by atoms with Gasteiger partial charge in [-0.05, 0) is 37.5 Å². The Morgan fingerprint density at radius 1 is 1.22 bits per heavy atom. The van der Waals surface area contributed by atoms with Gasteiger partial charge in [-0.3, -0.25) is 4.99 Å². The molecule has 0 aromatic heterocycles. The summed E-state index contributed by atoms with van der Waals surface area (Å²) in [5.74, 6) is 1.96. The van der Waals surface area contributed by atoms with Crippen LogP contribution >= 0.6 is 0 Å². The number of rotatable bonds is 4. The van der Waals surface area contributed by atoms with Gasteiger partial charge in [0.15, 0.2) is 15.8 Å². The third-order valence-corrected chi connectivity index (χ3v) is 5.76. The van der Waals surface area contributed by atoms with Crippen molar-refractivity contribution in [1.29, 1.82) is 0 Å². The normalized spacial score (nSPS) is 28.7. The summed E-state index contributed by atoms with van der Waals surface area (Å²) in [5.41, 5.74) is 5.78. The highest BCUT2D eigenvalue weighted by molar-refractivity contribution is 7.91. The van der Waals surface area contributed by atoms with E-state index >= 15 is 0 Å². The molecule has 1 saturated carbocycles. The first-order chi connectivity index (χ1) is 8.55. The molecule has 0 aromatic carbocycles. The van der Waals surface area contributed by atoms with Crippen molar-refractivity contribution in [1.82, 2.24) is 5.32 Å². The zero-order valence-corrected chi connectivity index (χ0v) is 11.6. The number of guanidine groups is 1. The topological polar surface area (TPSA) is 84.5 Å². The molecule has 1 saturated heterocycles. The van der Waals surface area contributed by atoms with E-state index < -0.39 is 9.84 Å². The quantitative estimate of drug-likeness (QED) is 0.577. The minimum atomic E-state index is -2.83. The van der Waals surface area contributed by atoms with Crippen molar-refractivity contribution in [2.75, 3.05) is 24.6 Å². The lowest BCUT2D eigenvalue weighted by Gasteiger charge is -2.25. The highest BCUT2D eigenvalue weighted by atomic mass is 32.2. The number of hydrogen-bond donors (Lipinski definition) is 2. The summed E-state index contributed by atoms with van der Waals surface area (Å²) in [7, 11) is -2.83. The van der Waals surface area contributed by atoms with Crippen LogP contribution in [-0.4, -0.2) is 39.0 Å². The Morgan fingerprint density at radius 2 is 1.94 bits per heavy atom. The van der Waals surface area contributed by atoms with E-state index in [1.807, 2.05) is 0 Å². The third kappa shape index (κ3) is 4.15. The maximum Gasteiger partial charge on any atom is 0.188 e. The fourth-order valence-corrected chi connectivity index (χ4v) is 4.25. The minimum absolute atomic E-state index is 0.146. The van der Waals surface area contributed by atoms with Crippen LogP contribution in [0.15, 0.2) is 4.99 Å².